The van der Waals surface area contributed by atoms with E-state index >= 15 is 0 Å². The molecular weight excluding hydrogens is 446 g/mol. The molecule has 0 aliphatic rings. The van der Waals surface area contributed by atoms with Gasteiger partial charge >= 0.3 is 0 Å². The van der Waals surface area contributed by atoms with Crippen molar-refractivity contribution in [3.8, 4) is 5.75 Å². The summed E-state index contributed by atoms with van der Waals surface area (Å²) in [6, 6.07) is 23.8. The highest BCUT2D eigenvalue weighted by atomic mass is 79.9. The minimum absolute atomic E-state index is 0.160. The van der Waals surface area contributed by atoms with Gasteiger partial charge in [0.15, 0.2) is 6.61 Å². The zero-order valence-corrected chi connectivity index (χ0v) is 17.4. The number of H-pyrrole nitrogens is 1. The van der Waals surface area contributed by atoms with E-state index in [1.54, 1.807) is 36.4 Å². The third kappa shape index (κ3) is 4.52. The highest BCUT2D eigenvalue weighted by molar-refractivity contribution is 9.10. The van der Waals surface area contributed by atoms with Crippen LogP contribution in [0.4, 0.5) is 11.4 Å². The molecular formula is C23H18BrN3O3. The van der Waals surface area contributed by atoms with E-state index in [9.17, 15) is 9.59 Å². The number of amides is 2. The molecule has 4 rings (SSSR count). The van der Waals surface area contributed by atoms with E-state index in [1.807, 2.05) is 42.5 Å². The second-order valence-corrected chi connectivity index (χ2v) is 7.39. The van der Waals surface area contributed by atoms with Crippen molar-refractivity contribution in [1.82, 2.24) is 4.98 Å². The van der Waals surface area contributed by atoms with Gasteiger partial charge in [0.2, 0.25) is 0 Å². The SMILES string of the molecule is O=C(COc1ccccc1Br)Nc1ccccc1NC(=O)c1cc2ccccc2[nH]1. The zero-order valence-electron chi connectivity index (χ0n) is 15.8. The molecule has 0 unspecified atom stereocenters. The average molecular weight is 464 g/mol. The lowest BCUT2D eigenvalue weighted by Crippen LogP contribution is -2.22. The number of fused-ring (bicyclic) bond motifs is 1. The maximum absolute atomic E-state index is 12.7. The van der Waals surface area contributed by atoms with Crippen molar-refractivity contribution in [2.45, 2.75) is 0 Å². The summed E-state index contributed by atoms with van der Waals surface area (Å²) >= 11 is 3.38. The summed E-state index contributed by atoms with van der Waals surface area (Å²) in [4.78, 5) is 28.1. The highest BCUT2D eigenvalue weighted by Gasteiger charge is 2.13. The third-order valence-corrected chi connectivity index (χ3v) is 5.07. The fourth-order valence-corrected chi connectivity index (χ4v) is 3.38. The zero-order chi connectivity index (χ0) is 20.9. The lowest BCUT2D eigenvalue weighted by Gasteiger charge is -2.13. The molecule has 0 saturated carbocycles. The largest absolute Gasteiger partial charge is 0.483 e. The molecule has 0 atom stereocenters. The first-order chi connectivity index (χ1) is 14.6. The second kappa shape index (κ2) is 8.84. The van der Waals surface area contributed by atoms with E-state index in [2.05, 4.69) is 31.5 Å². The van der Waals surface area contributed by atoms with E-state index in [1.165, 1.54) is 0 Å². The summed E-state index contributed by atoms with van der Waals surface area (Å²) in [5, 5.41) is 6.57. The molecule has 0 radical (unpaired) electrons. The minimum atomic E-state index is -0.335. The van der Waals surface area contributed by atoms with Gasteiger partial charge < -0.3 is 20.4 Å². The highest BCUT2D eigenvalue weighted by Crippen LogP contribution is 2.25. The Balaban J connectivity index is 1.43. The third-order valence-electron chi connectivity index (χ3n) is 4.42. The van der Waals surface area contributed by atoms with E-state index in [-0.39, 0.29) is 18.4 Å². The van der Waals surface area contributed by atoms with Crippen LogP contribution < -0.4 is 15.4 Å². The number of aromatic nitrogens is 1. The molecule has 1 aromatic heterocycles. The summed E-state index contributed by atoms with van der Waals surface area (Å²) in [6.45, 7) is -0.160. The fourth-order valence-electron chi connectivity index (χ4n) is 2.98. The number of ether oxygens (including phenoxy) is 1. The van der Waals surface area contributed by atoms with Gasteiger partial charge in [-0.2, -0.15) is 0 Å². The second-order valence-electron chi connectivity index (χ2n) is 6.54. The number of benzene rings is 3. The maximum Gasteiger partial charge on any atom is 0.272 e. The Labute approximate surface area is 181 Å². The van der Waals surface area contributed by atoms with Gasteiger partial charge in [-0.05, 0) is 52.3 Å². The fraction of sp³-hybridized carbons (Fsp3) is 0.0435. The lowest BCUT2D eigenvalue weighted by atomic mass is 10.2. The molecule has 6 nitrogen and oxygen atoms in total. The number of para-hydroxylation sites is 4. The first kappa shape index (κ1) is 19.7. The van der Waals surface area contributed by atoms with E-state index < -0.39 is 0 Å². The maximum atomic E-state index is 12.7. The molecule has 0 fully saturated rings. The van der Waals surface area contributed by atoms with Crippen LogP contribution in [-0.2, 0) is 4.79 Å². The van der Waals surface area contributed by atoms with Gasteiger partial charge in [-0.1, -0.05) is 42.5 Å². The predicted molar refractivity (Wildman–Crippen MR) is 121 cm³/mol. The molecule has 0 spiro atoms. The molecule has 1 heterocycles. The van der Waals surface area contributed by atoms with Gasteiger partial charge in [0.25, 0.3) is 11.8 Å². The van der Waals surface area contributed by atoms with Crippen LogP contribution >= 0.6 is 15.9 Å². The Bertz CT molecular complexity index is 1190. The number of halogens is 1. The van der Waals surface area contributed by atoms with Crippen LogP contribution in [0.25, 0.3) is 10.9 Å². The van der Waals surface area contributed by atoms with Crippen LogP contribution in [-0.4, -0.2) is 23.4 Å². The van der Waals surface area contributed by atoms with Gasteiger partial charge in [-0.15, -0.1) is 0 Å². The number of nitrogens with one attached hydrogen (secondary N) is 3. The predicted octanol–water partition coefficient (Wildman–Crippen LogP) is 5.20. The number of hydrogen-bond donors (Lipinski definition) is 3. The van der Waals surface area contributed by atoms with Gasteiger partial charge in [0, 0.05) is 10.9 Å². The first-order valence-corrected chi connectivity index (χ1v) is 10.0. The summed E-state index contributed by atoms with van der Waals surface area (Å²) < 4.78 is 6.31. The Morgan fingerprint density at radius 3 is 2.30 bits per heavy atom. The molecule has 0 saturated heterocycles. The van der Waals surface area contributed by atoms with Gasteiger partial charge in [0.1, 0.15) is 11.4 Å². The molecule has 0 aliphatic heterocycles. The molecule has 0 bridgehead atoms. The minimum Gasteiger partial charge on any atom is -0.483 e. The van der Waals surface area contributed by atoms with Crippen LogP contribution in [0.1, 0.15) is 10.5 Å². The normalized spacial score (nSPS) is 10.6. The first-order valence-electron chi connectivity index (χ1n) is 9.25. The van der Waals surface area contributed by atoms with Gasteiger partial charge in [-0.25, -0.2) is 0 Å². The van der Waals surface area contributed by atoms with Crippen LogP contribution in [0.3, 0.4) is 0 Å². The van der Waals surface area contributed by atoms with Crippen LogP contribution in [0.15, 0.2) is 83.3 Å². The number of rotatable bonds is 6. The quantitative estimate of drug-likeness (QED) is 0.367. The number of anilines is 2. The van der Waals surface area contributed by atoms with E-state index in [0.29, 0.717) is 22.8 Å². The molecule has 4 aromatic rings. The molecule has 0 aliphatic carbocycles. The monoisotopic (exact) mass is 463 g/mol. The van der Waals surface area contributed by atoms with Crippen molar-refractivity contribution < 1.29 is 14.3 Å². The molecule has 150 valence electrons. The Kier molecular flexibility index (Phi) is 5.81. The summed E-state index contributed by atoms with van der Waals surface area (Å²) in [7, 11) is 0. The number of aromatic amines is 1. The summed E-state index contributed by atoms with van der Waals surface area (Å²) in [6.07, 6.45) is 0. The van der Waals surface area contributed by atoms with Gasteiger partial charge in [0.05, 0.1) is 15.8 Å². The van der Waals surface area contributed by atoms with Crippen LogP contribution in [0.5, 0.6) is 5.75 Å². The molecule has 2 amide bonds. The van der Waals surface area contributed by atoms with Crippen molar-refractivity contribution in [3.63, 3.8) is 0 Å². The lowest BCUT2D eigenvalue weighted by molar-refractivity contribution is -0.118. The Morgan fingerprint density at radius 1 is 0.867 bits per heavy atom. The molecule has 7 heteroatoms. The Hall–Kier alpha value is -3.58. The number of carbonyl (C=O) groups excluding carboxylic acids is 2. The molecule has 3 aromatic carbocycles. The number of carbonyl (C=O) groups is 2. The summed E-state index contributed by atoms with van der Waals surface area (Å²) in [5.41, 5.74) is 2.31. The van der Waals surface area contributed by atoms with E-state index in [0.717, 1.165) is 15.4 Å². The van der Waals surface area contributed by atoms with Crippen LogP contribution in [0.2, 0.25) is 0 Å². The van der Waals surface area contributed by atoms with Crippen molar-refractivity contribution in [2.24, 2.45) is 0 Å². The summed E-state index contributed by atoms with van der Waals surface area (Å²) in [5.74, 6) is -0.0523. The van der Waals surface area contributed by atoms with Crippen molar-refractivity contribution in [2.75, 3.05) is 17.2 Å². The van der Waals surface area contributed by atoms with E-state index in [4.69, 9.17) is 4.74 Å². The topological polar surface area (TPSA) is 83.2 Å². The van der Waals surface area contributed by atoms with Crippen molar-refractivity contribution in [1.29, 1.82) is 0 Å². The van der Waals surface area contributed by atoms with Gasteiger partial charge in [-0.3, -0.25) is 9.59 Å². The number of hydrogen-bond acceptors (Lipinski definition) is 3. The molecule has 3 N–H and O–H groups in total. The molecule has 30 heavy (non-hydrogen) atoms. The van der Waals surface area contributed by atoms with Crippen LogP contribution in [0, 0.1) is 0 Å². The Morgan fingerprint density at radius 2 is 1.53 bits per heavy atom. The average Bonchev–Trinajstić information content (AvgIpc) is 3.19. The standard InChI is InChI=1S/C23H18BrN3O3/c24-16-8-2-6-12-21(16)30-14-22(28)26-18-10-4-5-11-19(18)27-23(29)20-13-15-7-1-3-9-17(15)25-20/h1-13,25H,14H2,(H,26,28)(H,27,29). The van der Waals surface area contributed by atoms with Crippen molar-refractivity contribution in [3.05, 3.63) is 89.0 Å². The smallest absolute Gasteiger partial charge is 0.272 e. The van der Waals surface area contributed by atoms with Crippen molar-refractivity contribution >= 4 is 50.0 Å².